The van der Waals surface area contributed by atoms with E-state index in [1.54, 1.807) is 0 Å². The highest BCUT2D eigenvalue weighted by Crippen LogP contribution is 2.04. The van der Waals surface area contributed by atoms with E-state index in [4.69, 9.17) is 16.3 Å². The summed E-state index contributed by atoms with van der Waals surface area (Å²) in [7, 11) is 0. The topological polar surface area (TPSA) is 12.5 Å². The van der Waals surface area contributed by atoms with Gasteiger partial charge in [0.25, 0.3) is 0 Å². The van der Waals surface area contributed by atoms with Crippen molar-refractivity contribution in [3.63, 3.8) is 0 Å². The predicted molar refractivity (Wildman–Crippen MR) is 46.9 cm³/mol. The molecule has 0 radical (unpaired) electrons. The molecule has 1 aliphatic rings. The van der Waals surface area contributed by atoms with Gasteiger partial charge >= 0.3 is 0 Å². The molecule has 1 rings (SSSR count). The summed E-state index contributed by atoms with van der Waals surface area (Å²) in [5.41, 5.74) is 0. The van der Waals surface area contributed by atoms with Crippen molar-refractivity contribution < 1.29 is 4.74 Å². The van der Waals surface area contributed by atoms with Gasteiger partial charge in [0, 0.05) is 31.3 Å². The van der Waals surface area contributed by atoms with Crippen LogP contribution in [-0.4, -0.2) is 37.7 Å². The van der Waals surface area contributed by atoms with Gasteiger partial charge in [-0.25, -0.2) is 0 Å². The Morgan fingerprint density at radius 3 is 3.00 bits per heavy atom. The van der Waals surface area contributed by atoms with Crippen molar-refractivity contribution in [3.05, 3.63) is 11.6 Å². The Morgan fingerprint density at radius 1 is 1.45 bits per heavy atom. The van der Waals surface area contributed by atoms with E-state index in [0.29, 0.717) is 5.03 Å². The molecule has 2 nitrogen and oxygen atoms in total. The Hall–Kier alpha value is -0.0500. The fraction of sp³-hybridized carbons (Fsp3) is 0.750. The van der Waals surface area contributed by atoms with Gasteiger partial charge in [-0.3, -0.25) is 4.90 Å². The molecule has 1 heterocycles. The van der Waals surface area contributed by atoms with Crippen molar-refractivity contribution in [1.82, 2.24) is 4.90 Å². The minimum Gasteiger partial charge on any atom is -0.380 e. The predicted octanol–water partition coefficient (Wildman–Crippen LogP) is 1.46. The first-order valence-electron chi connectivity index (χ1n) is 3.92. The lowest BCUT2D eigenvalue weighted by Crippen LogP contribution is -2.27. The second kappa shape index (κ2) is 4.75. The normalized spacial score (nSPS) is 21.2. The maximum Gasteiger partial charge on any atom is 0.0593 e. The molecule has 0 aliphatic carbocycles. The average molecular weight is 176 g/mol. The van der Waals surface area contributed by atoms with Crippen molar-refractivity contribution >= 4 is 11.6 Å². The molecule has 0 saturated carbocycles. The van der Waals surface area contributed by atoms with E-state index >= 15 is 0 Å². The lowest BCUT2D eigenvalue weighted by Gasteiger charge is -2.17. The fourth-order valence-electron chi connectivity index (χ4n) is 1.20. The maximum atomic E-state index is 5.69. The van der Waals surface area contributed by atoms with Crippen molar-refractivity contribution in [2.75, 3.05) is 32.8 Å². The zero-order valence-electron chi connectivity index (χ0n) is 6.68. The van der Waals surface area contributed by atoms with Gasteiger partial charge in [0.15, 0.2) is 0 Å². The minimum absolute atomic E-state index is 0.715. The third-order valence-electron chi connectivity index (χ3n) is 1.71. The Kier molecular flexibility index (Phi) is 3.91. The van der Waals surface area contributed by atoms with E-state index in [0.717, 1.165) is 39.3 Å². The van der Waals surface area contributed by atoms with Crippen molar-refractivity contribution in [2.24, 2.45) is 0 Å². The van der Waals surface area contributed by atoms with E-state index in [1.807, 2.05) is 0 Å². The molecule has 0 spiro atoms. The van der Waals surface area contributed by atoms with Crippen molar-refractivity contribution in [2.45, 2.75) is 6.42 Å². The molecule has 11 heavy (non-hydrogen) atoms. The summed E-state index contributed by atoms with van der Waals surface area (Å²) in [6.07, 6.45) is 1.10. The molecule has 0 unspecified atom stereocenters. The van der Waals surface area contributed by atoms with Crippen LogP contribution in [0.5, 0.6) is 0 Å². The Morgan fingerprint density at radius 2 is 2.27 bits per heavy atom. The van der Waals surface area contributed by atoms with Gasteiger partial charge in [-0.1, -0.05) is 18.2 Å². The van der Waals surface area contributed by atoms with Crippen LogP contribution in [0.25, 0.3) is 0 Å². The van der Waals surface area contributed by atoms with Crippen molar-refractivity contribution in [1.29, 1.82) is 0 Å². The summed E-state index contributed by atoms with van der Waals surface area (Å²) in [4.78, 5) is 2.27. The smallest absolute Gasteiger partial charge is 0.0593 e. The molecule has 1 saturated heterocycles. The first-order chi connectivity index (χ1) is 5.29. The van der Waals surface area contributed by atoms with E-state index in [2.05, 4.69) is 11.5 Å². The Balaban J connectivity index is 2.25. The maximum absolute atomic E-state index is 5.69. The molecule has 0 aromatic rings. The second-order valence-corrected chi connectivity index (χ2v) is 3.29. The van der Waals surface area contributed by atoms with Crippen molar-refractivity contribution in [3.8, 4) is 0 Å². The van der Waals surface area contributed by atoms with E-state index in [9.17, 15) is 0 Å². The van der Waals surface area contributed by atoms with Crippen LogP contribution in [0.3, 0.4) is 0 Å². The molecule has 3 heteroatoms. The van der Waals surface area contributed by atoms with Crippen LogP contribution >= 0.6 is 11.6 Å². The molecule has 64 valence electrons. The summed E-state index contributed by atoms with van der Waals surface area (Å²) in [5.74, 6) is 0. The molecule has 0 bridgehead atoms. The van der Waals surface area contributed by atoms with Crippen LogP contribution in [0.1, 0.15) is 6.42 Å². The van der Waals surface area contributed by atoms with Gasteiger partial charge in [0.05, 0.1) is 6.61 Å². The fourth-order valence-corrected chi connectivity index (χ4v) is 1.37. The second-order valence-electron chi connectivity index (χ2n) is 2.76. The molecular weight excluding hydrogens is 162 g/mol. The van der Waals surface area contributed by atoms with Crippen LogP contribution in [0, 0.1) is 0 Å². The third kappa shape index (κ3) is 3.75. The quantitative estimate of drug-likeness (QED) is 0.630. The summed E-state index contributed by atoms with van der Waals surface area (Å²) in [5, 5.41) is 0.715. The summed E-state index contributed by atoms with van der Waals surface area (Å²) < 4.78 is 5.29. The highest BCUT2D eigenvalue weighted by atomic mass is 35.5. The lowest BCUT2D eigenvalue weighted by molar-refractivity contribution is 0.143. The monoisotopic (exact) mass is 175 g/mol. The highest BCUT2D eigenvalue weighted by Gasteiger charge is 2.08. The van der Waals surface area contributed by atoms with E-state index < -0.39 is 0 Å². The molecular formula is C8H14ClNO. The first-order valence-corrected chi connectivity index (χ1v) is 4.30. The number of hydrogen-bond acceptors (Lipinski definition) is 2. The number of ether oxygens (including phenoxy) is 1. The van der Waals surface area contributed by atoms with E-state index in [1.165, 1.54) is 0 Å². The molecule has 0 aromatic heterocycles. The Bertz CT molecular complexity index is 130. The molecule has 0 N–H and O–H groups in total. The number of hydrogen-bond donors (Lipinski definition) is 0. The summed E-state index contributed by atoms with van der Waals surface area (Å²) >= 11 is 5.69. The molecule has 0 aromatic carbocycles. The molecule has 0 amide bonds. The average Bonchev–Trinajstić information content (AvgIpc) is 2.14. The van der Waals surface area contributed by atoms with Gasteiger partial charge in [-0.05, 0) is 6.42 Å². The third-order valence-corrected chi connectivity index (χ3v) is 1.83. The first kappa shape index (κ1) is 9.04. The summed E-state index contributed by atoms with van der Waals surface area (Å²) in [6.45, 7) is 8.22. The number of nitrogens with zero attached hydrogens (tertiary/aromatic N) is 1. The zero-order chi connectivity index (χ0) is 8.10. The van der Waals surface area contributed by atoms with Gasteiger partial charge in [-0.2, -0.15) is 0 Å². The van der Waals surface area contributed by atoms with Gasteiger partial charge < -0.3 is 4.74 Å². The largest absolute Gasteiger partial charge is 0.380 e. The van der Waals surface area contributed by atoms with E-state index in [-0.39, 0.29) is 0 Å². The molecule has 0 atom stereocenters. The SMILES string of the molecule is C=C(Cl)CN1CCCOCC1. The standard InChI is InChI=1S/C8H14ClNO/c1-8(9)7-10-3-2-5-11-6-4-10/h1-7H2. The number of halogens is 1. The highest BCUT2D eigenvalue weighted by molar-refractivity contribution is 6.29. The van der Waals surface area contributed by atoms with Gasteiger partial charge in [0.1, 0.15) is 0 Å². The minimum atomic E-state index is 0.715. The van der Waals surface area contributed by atoms with Crippen LogP contribution in [0.15, 0.2) is 11.6 Å². The Labute approximate surface area is 72.8 Å². The van der Waals surface area contributed by atoms with Gasteiger partial charge in [0.2, 0.25) is 0 Å². The molecule has 1 fully saturated rings. The van der Waals surface area contributed by atoms with Crippen LogP contribution in [-0.2, 0) is 4.74 Å². The van der Waals surface area contributed by atoms with Crippen LogP contribution < -0.4 is 0 Å². The van der Waals surface area contributed by atoms with Crippen LogP contribution in [0.4, 0.5) is 0 Å². The lowest BCUT2D eigenvalue weighted by atomic mass is 10.4. The molecule has 1 aliphatic heterocycles. The zero-order valence-corrected chi connectivity index (χ0v) is 7.44. The van der Waals surface area contributed by atoms with Gasteiger partial charge in [-0.15, -0.1) is 0 Å². The number of rotatable bonds is 2. The summed E-state index contributed by atoms with van der Waals surface area (Å²) in [6, 6.07) is 0. The van der Waals surface area contributed by atoms with Crippen LogP contribution in [0.2, 0.25) is 0 Å².